The summed E-state index contributed by atoms with van der Waals surface area (Å²) in [5, 5.41) is 4.69. The molecule has 1 aromatic heterocycles. The Morgan fingerprint density at radius 2 is 1.77 bits per heavy atom. The van der Waals surface area contributed by atoms with E-state index >= 15 is 0 Å². The zero-order valence-electron chi connectivity index (χ0n) is 13.7. The standard InChI is InChI=1S/C19H25NO2/c1-12-4-6-16(7-5-12)20-11-15-10-19(21)22-18-9-14(3)13(2)8-17(15)18/h8-10,12,16,20H,4-7,11H2,1-3H3. The van der Waals surface area contributed by atoms with Crippen LogP contribution < -0.4 is 10.9 Å². The van der Waals surface area contributed by atoms with Gasteiger partial charge in [-0.05, 0) is 74.3 Å². The normalized spacial score (nSPS) is 22.1. The second-order valence-electron chi connectivity index (χ2n) is 6.86. The van der Waals surface area contributed by atoms with Gasteiger partial charge in [-0.2, -0.15) is 0 Å². The number of aryl methyl sites for hydroxylation is 2. The maximum atomic E-state index is 11.8. The molecular weight excluding hydrogens is 274 g/mol. The molecule has 2 aromatic rings. The van der Waals surface area contributed by atoms with E-state index in [0.29, 0.717) is 11.6 Å². The molecule has 0 bridgehead atoms. The molecule has 0 saturated heterocycles. The Bertz CT molecular complexity index is 724. The lowest BCUT2D eigenvalue weighted by Gasteiger charge is -2.27. The lowest BCUT2D eigenvalue weighted by molar-refractivity contribution is 0.306. The van der Waals surface area contributed by atoms with Gasteiger partial charge in [-0.1, -0.05) is 6.92 Å². The Labute approximate surface area is 131 Å². The molecule has 3 nitrogen and oxygen atoms in total. The quantitative estimate of drug-likeness (QED) is 0.868. The Kier molecular flexibility index (Phi) is 4.34. The van der Waals surface area contributed by atoms with Crippen LogP contribution in [-0.2, 0) is 6.54 Å². The highest BCUT2D eigenvalue weighted by molar-refractivity contribution is 5.81. The van der Waals surface area contributed by atoms with Gasteiger partial charge in [0.1, 0.15) is 5.58 Å². The van der Waals surface area contributed by atoms with Crippen molar-refractivity contribution in [2.75, 3.05) is 0 Å². The first-order valence-electron chi connectivity index (χ1n) is 8.30. The van der Waals surface area contributed by atoms with Gasteiger partial charge in [0, 0.05) is 24.0 Å². The van der Waals surface area contributed by atoms with Crippen LogP contribution in [0, 0.1) is 19.8 Å². The van der Waals surface area contributed by atoms with Crippen molar-refractivity contribution in [3.63, 3.8) is 0 Å². The fourth-order valence-corrected chi connectivity index (χ4v) is 3.35. The Morgan fingerprint density at radius 1 is 1.09 bits per heavy atom. The third kappa shape index (κ3) is 3.25. The van der Waals surface area contributed by atoms with E-state index in [1.54, 1.807) is 6.07 Å². The van der Waals surface area contributed by atoms with Gasteiger partial charge < -0.3 is 9.73 Å². The second-order valence-corrected chi connectivity index (χ2v) is 6.86. The summed E-state index contributed by atoms with van der Waals surface area (Å²) in [5.74, 6) is 0.855. The fraction of sp³-hybridized carbons (Fsp3) is 0.526. The van der Waals surface area contributed by atoms with E-state index in [2.05, 4.69) is 25.2 Å². The third-order valence-electron chi connectivity index (χ3n) is 5.04. The molecule has 1 fully saturated rings. The van der Waals surface area contributed by atoms with E-state index in [1.807, 2.05) is 13.0 Å². The van der Waals surface area contributed by atoms with E-state index in [9.17, 15) is 4.79 Å². The number of nitrogens with one attached hydrogen (secondary N) is 1. The van der Waals surface area contributed by atoms with Gasteiger partial charge in [-0.25, -0.2) is 4.79 Å². The van der Waals surface area contributed by atoms with Crippen molar-refractivity contribution in [1.82, 2.24) is 5.32 Å². The highest BCUT2D eigenvalue weighted by Crippen LogP contribution is 2.25. The molecule has 1 aliphatic rings. The molecule has 118 valence electrons. The SMILES string of the molecule is Cc1cc2oc(=O)cc(CNC3CCC(C)CC3)c2cc1C. The zero-order chi connectivity index (χ0) is 15.7. The highest BCUT2D eigenvalue weighted by Gasteiger charge is 2.18. The molecule has 0 amide bonds. The average Bonchev–Trinajstić information content (AvgIpc) is 2.48. The summed E-state index contributed by atoms with van der Waals surface area (Å²) >= 11 is 0. The highest BCUT2D eigenvalue weighted by atomic mass is 16.4. The van der Waals surface area contributed by atoms with E-state index in [0.717, 1.165) is 29.0 Å². The van der Waals surface area contributed by atoms with Crippen LogP contribution in [0.1, 0.15) is 49.3 Å². The summed E-state index contributed by atoms with van der Waals surface area (Å²) in [7, 11) is 0. The van der Waals surface area contributed by atoms with Crippen molar-refractivity contribution in [1.29, 1.82) is 0 Å². The summed E-state index contributed by atoms with van der Waals surface area (Å²) in [6, 6.07) is 6.31. The molecule has 0 atom stereocenters. The lowest BCUT2D eigenvalue weighted by Crippen LogP contribution is -2.32. The van der Waals surface area contributed by atoms with E-state index in [1.165, 1.54) is 31.2 Å². The lowest BCUT2D eigenvalue weighted by atomic mass is 9.87. The van der Waals surface area contributed by atoms with Gasteiger partial charge in [0.2, 0.25) is 0 Å². The monoisotopic (exact) mass is 299 g/mol. The molecule has 1 saturated carbocycles. The van der Waals surface area contributed by atoms with E-state index in [4.69, 9.17) is 4.42 Å². The van der Waals surface area contributed by atoms with Gasteiger partial charge in [0.25, 0.3) is 0 Å². The van der Waals surface area contributed by atoms with Gasteiger partial charge in [0.05, 0.1) is 0 Å². The second kappa shape index (κ2) is 6.25. The fourth-order valence-electron chi connectivity index (χ4n) is 3.35. The maximum Gasteiger partial charge on any atom is 0.336 e. The van der Waals surface area contributed by atoms with E-state index < -0.39 is 0 Å². The van der Waals surface area contributed by atoms with Gasteiger partial charge in [-0.3, -0.25) is 0 Å². The van der Waals surface area contributed by atoms with Crippen LogP contribution in [0.5, 0.6) is 0 Å². The topological polar surface area (TPSA) is 42.2 Å². The van der Waals surface area contributed by atoms with Crippen LogP contribution in [0.3, 0.4) is 0 Å². The molecule has 1 aromatic carbocycles. The minimum Gasteiger partial charge on any atom is -0.423 e. The number of hydrogen-bond acceptors (Lipinski definition) is 3. The molecule has 1 heterocycles. The first-order valence-corrected chi connectivity index (χ1v) is 8.30. The predicted octanol–water partition coefficient (Wildman–Crippen LogP) is 4.08. The van der Waals surface area contributed by atoms with Crippen molar-refractivity contribution in [3.8, 4) is 0 Å². The summed E-state index contributed by atoms with van der Waals surface area (Å²) in [4.78, 5) is 11.8. The molecule has 0 aliphatic heterocycles. The zero-order valence-corrected chi connectivity index (χ0v) is 13.7. The smallest absolute Gasteiger partial charge is 0.336 e. The van der Waals surface area contributed by atoms with Crippen molar-refractivity contribution in [2.45, 2.75) is 59.0 Å². The molecule has 0 unspecified atom stereocenters. The van der Waals surface area contributed by atoms with Crippen molar-refractivity contribution < 1.29 is 4.42 Å². The summed E-state index contributed by atoms with van der Waals surface area (Å²) < 4.78 is 5.36. The number of rotatable bonds is 3. The van der Waals surface area contributed by atoms with Crippen LogP contribution in [0.15, 0.2) is 27.4 Å². The Hall–Kier alpha value is -1.61. The molecular formula is C19H25NO2. The molecule has 1 N–H and O–H groups in total. The number of fused-ring (bicyclic) bond motifs is 1. The van der Waals surface area contributed by atoms with Gasteiger partial charge >= 0.3 is 5.63 Å². The van der Waals surface area contributed by atoms with Crippen molar-refractivity contribution in [3.05, 3.63) is 45.3 Å². The minimum absolute atomic E-state index is 0.259. The largest absolute Gasteiger partial charge is 0.423 e. The number of hydrogen-bond donors (Lipinski definition) is 1. The summed E-state index contributed by atoms with van der Waals surface area (Å²) in [6.45, 7) is 7.21. The average molecular weight is 299 g/mol. The number of benzene rings is 1. The van der Waals surface area contributed by atoms with Crippen LogP contribution >= 0.6 is 0 Å². The third-order valence-corrected chi connectivity index (χ3v) is 5.04. The van der Waals surface area contributed by atoms with Gasteiger partial charge in [-0.15, -0.1) is 0 Å². The van der Waals surface area contributed by atoms with Crippen LogP contribution in [0.2, 0.25) is 0 Å². The van der Waals surface area contributed by atoms with Crippen molar-refractivity contribution >= 4 is 11.0 Å². The first kappa shape index (κ1) is 15.3. The van der Waals surface area contributed by atoms with Crippen LogP contribution in [0.4, 0.5) is 0 Å². The molecule has 0 radical (unpaired) electrons. The van der Waals surface area contributed by atoms with E-state index in [-0.39, 0.29) is 5.63 Å². The Morgan fingerprint density at radius 3 is 2.50 bits per heavy atom. The van der Waals surface area contributed by atoms with Crippen LogP contribution in [0.25, 0.3) is 11.0 Å². The molecule has 3 heteroatoms. The summed E-state index contributed by atoms with van der Waals surface area (Å²) in [5.41, 5.74) is 3.87. The first-order chi connectivity index (χ1) is 10.5. The van der Waals surface area contributed by atoms with Crippen LogP contribution in [-0.4, -0.2) is 6.04 Å². The predicted molar refractivity (Wildman–Crippen MR) is 90.2 cm³/mol. The maximum absolute atomic E-state index is 11.8. The summed E-state index contributed by atoms with van der Waals surface area (Å²) in [6.07, 6.45) is 5.07. The minimum atomic E-state index is -0.259. The molecule has 3 rings (SSSR count). The van der Waals surface area contributed by atoms with Crippen molar-refractivity contribution in [2.24, 2.45) is 5.92 Å². The van der Waals surface area contributed by atoms with Gasteiger partial charge in [0.15, 0.2) is 0 Å². The Balaban J connectivity index is 1.83. The molecule has 22 heavy (non-hydrogen) atoms. The molecule has 1 aliphatic carbocycles. The molecule has 0 spiro atoms.